The molecular formula is C12H8Cl2O4. The van der Waals surface area contributed by atoms with Gasteiger partial charge in [-0.2, -0.15) is 0 Å². The highest BCUT2D eigenvalue weighted by Gasteiger charge is 2.18. The molecule has 0 bridgehead atoms. The largest absolute Gasteiger partial charge is 0.508 e. The molecule has 0 atom stereocenters. The van der Waals surface area contributed by atoms with Gasteiger partial charge in [0, 0.05) is 23.3 Å². The van der Waals surface area contributed by atoms with Gasteiger partial charge in [-0.1, -0.05) is 23.2 Å². The number of aromatic hydroxyl groups is 4. The second-order valence-electron chi connectivity index (χ2n) is 3.64. The lowest BCUT2D eigenvalue weighted by Gasteiger charge is -2.12. The lowest BCUT2D eigenvalue weighted by atomic mass is 10.0. The van der Waals surface area contributed by atoms with E-state index in [4.69, 9.17) is 23.2 Å². The number of phenolic OH excluding ortho intramolecular Hbond substituents is 4. The number of hydrogen-bond acceptors (Lipinski definition) is 4. The van der Waals surface area contributed by atoms with Crippen LogP contribution in [0.25, 0.3) is 11.1 Å². The zero-order valence-corrected chi connectivity index (χ0v) is 10.4. The van der Waals surface area contributed by atoms with Crippen LogP contribution in [0.4, 0.5) is 0 Å². The Morgan fingerprint density at radius 3 is 1.22 bits per heavy atom. The first kappa shape index (κ1) is 12.7. The van der Waals surface area contributed by atoms with Crippen molar-refractivity contribution < 1.29 is 20.4 Å². The number of phenols is 4. The van der Waals surface area contributed by atoms with Gasteiger partial charge in [0.25, 0.3) is 0 Å². The van der Waals surface area contributed by atoms with Crippen LogP contribution in [-0.2, 0) is 0 Å². The van der Waals surface area contributed by atoms with Gasteiger partial charge in [0.2, 0.25) is 0 Å². The minimum absolute atomic E-state index is 0.0235. The Labute approximate surface area is 112 Å². The van der Waals surface area contributed by atoms with Gasteiger partial charge < -0.3 is 20.4 Å². The number of halogens is 2. The van der Waals surface area contributed by atoms with Crippen LogP contribution in [0, 0.1) is 0 Å². The quantitative estimate of drug-likeness (QED) is 0.647. The van der Waals surface area contributed by atoms with Crippen LogP contribution in [0.1, 0.15) is 0 Å². The van der Waals surface area contributed by atoms with Crippen molar-refractivity contribution in [1.82, 2.24) is 0 Å². The van der Waals surface area contributed by atoms with Crippen molar-refractivity contribution in [1.29, 1.82) is 0 Å². The zero-order chi connectivity index (χ0) is 13.4. The second kappa shape index (κ2) is 4.48. The maximum Gasteiger partial charge on any atom is 0.128 e. The Hall–Kier alpha value is -1.78. The summed E-state index contributed by atoms with van der Waals surface area (Å²) in [5.41, 5.74) is 0.161. The topological polar surface area (TPSA) is 80.9 Å². The summed E-state index contributed by atoms with van der Waals surface area (Å²) in [7, 11) is 0. The summed E-state index contributed by atoms with van der Waals surface area (Å²) in [4.78, 5) is 0. The minimum Gasteiger partial charge on any atom is -0.508 e. The van der Waals surface area contributed by atoms with Gasteiger partial charge in [0.05, 0.1) is 10.0 Å². The Morgan fingerprint density at radius 1 is 0.611 bits per heavy atom. The fourth-order valence-electron chi connectivity index (χ4n) is 1.65. The maximum absolute atomic E-state index is 9.77. The van der Waals surface area contributed by atoms with E-state index in [-0.39, 0.29) is 44.2 Å². The Morgan fingerprint density at radius 2 is 0.944 bits per heavy atom. The van der Waals surface area contributed by atoms with Gasteiger partial charge in [0.1, 0.15) is 23.0 Å². The lowest BCUT2D eigenvalue weighted by molar-refractivity contribution is 0.446. The fourth-order valence-corrected chi connectivity index (χ4v) is 2.26. The van der Waals surface area contributed by atoms with E-state index in [1.807, 2.05) is 0 Å². The summed E-state index contributed by atoms with van der Waals surface area (Å²) in [6.07, 6.45) is 0. The number of hydrogen-bond donors (Lipinski definition) is 4. The van der Waals surface area contributed by atoms with Crippen LogP contribution in [0.5, 0.6) is 23.0 Å². The van der Waals surface area contributed by atoms with Gasteiger partial charge in [-0.05, 0) is 12.1 Å². The summed E-state index contributed by atoms with van der Waals surface area (Å²) in [6.45, 7) is 0. The van der Waals surface area contributed by atoms with Gasteiger partial charge in [-0.15, -0.1) is 0 Å². The summed E-state index contributed by atoms with van der Waals surface area (Å²) >= 11 is 11.8. The predicted molar refractivity (Wildman–Crippen MR) is 68.6 cm³/mol. The third-order valence-corrected chi connectivity index (χ3v) is 2.95. The molecule has 0 aliphatic rings. The fraction of sp³-hybridized carbons (Fsp3) is 0. The monoisotopic (exact) mass is 286 g/mol. The van der Waals surface area contributed by atoms with Crippen molar-refractivity contribution in [3.63, 3.8) is 0 Å². The maximum atomic E-state index is 9.77. The van der Waals surface area contributed by atoms with Gasteiger partial charge >= 0.3 is 0 Å². The predicted octanol–water partition coefficient (Wildman–Crippen LogP) is 3.48. The molecule has 0 fully saturated rings. The standard InChI is InChI=1S/C12H8Cl2O4/c13-7-1-5(15)3-9(17)11(7)12-8(14)2-6(16)4-10(12)18/h1-4,15-18H. The van der Waals surface area contributed by atoms with Crippen molar-refractivity contribution in [2.45, 2.75) is 0 Å². The number of rotatable bonds is 1. The van der Waals surface area contributed by atoms with Crippen LogP contribution >= 0.6 is 23.2 Å². The first-order chi connectivity index (χ1) is 8.40. The van der Waals surface area contributed by atoms with E-state index in [1.54, 1.807) is 0 Å². The molecule has 4 N–H and O–H groups in total. The van der Waals surface area contributed by atoms with E-state index in [9.17, 15) is 20.4 Å². The third kappa shape index (κ3) is 2.12. The molecule has 0 aromatic heterocycles. The zero-order valence-electron chi connectivity index (χ0n) is 8.85. The normalized spacial score (nSPS) is 10.6. The molecule has 0 amide bonds. The highest BCUT2D eigenvalue weighted by Crippen LogP contribution is 2.47. The summed E-state index contributed by atoms with van der Waals surface area (Å²) < 4.78 is 0. The van der Waals surface area contributed by atoms with Crippen LogP contribution in [0.3, 0.4) is 0 Å². The molecule has 94 valence electrons. The molecule has 0 heterocycles. The Bertz CT molecular complexity index is 524. The lowest BCUT2D eigenvalue weighted by Crippen LogP contribution is -1.85. The molecule has 0 saturated carbocycles. The van der Waals surface area contributed by atoms with E-state index in [0.29, 0.717) is 0 Å². The highest BCUT2D eigenvalue weighted by molar-refractivity contribution is 6.37. The van der Waals surface area contributed by atoms with Crippen molar-refractivity contribution >= 4 is 23.2 Å². The first-order valence-corrected chi connectivity index (χ1v) is 5.59. The molecule has 2 rings (SSSR count). The SMILES string of the molecule is Oc1cc(O)c(-c2c(O)cc(O)cc2Cl)c(Cl)c1. The third-order valence-electron chi connectivity index (χ3n) is 2.36. The summed E-state index contributed by atoms with van der Waals surface area (Å²) in [6, 6.07) is 4.56. The van der Waals surface area contributed by atoms with E-state index in [0.717, 1.165) is 12.1 Å². The smallest absolute Gasteiger partial charge is 0.128 e. The molecule has 0 spiro atoms. The summed E-state index contributed by atoms with van der Waals surface area (Å²) in [5, 5.41) is 38.1. The highest BCUT2D eigenvalue weighted by atomic mass is 35.5. The van der Waals surface area contributed by atoms with Gasteiger partial charge in [-0.3, -0.25) is 0 Å². The molecule has 2 aromatic carbocycles. The average molecular weight is 287 g/mol. The van der Waals surface area contributed by atoms with E-state index in [1.165, 1.54) is 12.1 Å². The molecule has 4 nitrogen and oxygen atoms in total. The van der Waals surface area contributed by atoms with Crippen LogP contribution in [0.2, 0.25) is 10.0 Å². The summed E-state index contributed by atoms with van der Waals surface area (Å²) in [5.74, 6) is -1.09. The molecule has 0 aliphatic carbocycles. The average Bonchev–Trinajstić information content (AvgIpc) is 2.20. The second-order valence-corrected chi connectivity index (χ2v) is 4.46. The Kier molecular flexibility index (Phi) is 3.15. The molecule has 0 radical (unpaired) electrons. The van der Waals surface area contributed by atoms with E-state index >= 15 is 0 Å². The first-order valence-electron chi connectivity index (χ1n) is 4.83. The van der Waals surface area contributed by atoms with Crippen LogP contribution < -0.4 is 0 Å². The van der Waals surface area contributed by atoms with Crippen molar-refractivity contribution in [3.8, 4) is 34.1 Å². The van der Waals surface area contributed by atoms with Gasteiger partial charge in [0.15, 0.2) is 0 Å². The molecule has 0 aliphatic heterocycles. The molecule has 2 aromatic rings. The van der Waals surface area contributed by atoms with Crippen LogP contribution in [0.15, 0.2) is 24.3 Å². The minimum atomic E-state index is -0.331. The molecule has 0 unspecified atom stereocenters. The Balaban J connectivity index is 2.78. The van der Waals surface area contributed by atoms with Crippen molar-refractivity contribution in [2.75, 3.05) is 0 Å². The van der Waals surface area contributed by atoms with Crippen molar-refractivity contribution in [3.05, 3.63) is 34.3 Å². The molecule has 0 saturated heterocycles. The van der Waals surface area contributed by atoms with Crippen LogP contribution in [-0.4, -0.2) is 20.4 Å². The number of benzene rings is 2. The molecule has 18 heavy (non-hydrogen) atoms. The van der Waals surface area contributed by atoms with E-state index < -0.39 is 0 Å². The van der Waals surface area contributed by atoms with Crippen molar-refractivity contribution in [2.24, 2.45) is 0 Å². The molecular weight excluding hydrogens is 279 g/mol. The van der Waals surface area contributed by atoms with Gasteiger partial charge in [-0.25, -0.2) is 0 Å². The molecule has 6 heteroatoms. The van der Waals surface area contributed by atoms with E-state index in [2.05, 4.69) is 0 Å².